The summed E-state index contributed by atoms with van der Waals surface area (Å²) in [5.74, 6) is 0.899. The first-order chi connectivity index (χ1) is 9.55. The van der Waals surface area contributed by atoms with Crippen LogP contribution in [0, 0.1) is 5.92 Å². The molecule has 0 bridgehead atoms. The van der Waals surface area contributed by atoms with Crippen molar-refractivity contribution in [3.05, 3.63) is 34.9 Å². The van der Waals surface area contributed by atoms with Crippen LogP contribution in [0.15, 0.2) is 24.3 Å². The van der Waals surface area contributed by atoms with Gasteiger partial charge in [0.25, 0.3) is 0 Å². The maximum absolute atomic E-state index is 12.7. The van der Waals surface area contributed by atoms with E-state index in [-0.39, 0.29) is 5.78 Å². The number of carbonyl (C=O) groups excluding carboxylic acids is 1. The molecule has 1 saturated carbocycles. The molecule has 0 radical (unpaired) electrons. The van der Waals surface area contributed by atoms with Crippen molar-refractivity contribution in [1.29, 1.82) is 0 Å². The van der Waals surface area contributed by atoms with E-state index < -0.39 is 5.60 Å². The zero-order valence-electron chi connectivity index (χ0n) is 12.3. The second kappa shape index (κ2) is 6.73. The summed E-state index contributed by atoms with van der Waals surface area (Å²) in [6.45, 7) is 4.80. The van der Waals surface area contributed by atoms with E-state index in [0.29, 0.717) is 24.0 Å². The van der Waals surface area contributed by atoms with E-state index in [9.17, 15) is 4.79 Å². The predicted molar refractivity (Wildman–Crippen MR) is 82.2 cm³/mol. The first-order valence-electron chi connectivity index (χ1n) is 7.47. The molecule has 1 aromatic carbocycles. The Kier molecular flexibility index (Phi) is 5.22. The Morgan fingerprint density at radius 1 is 1.40 bits per heavy atom. The third-order valence-corrected chi connectivity index (χ3v) is 4.50. The molecule has 1 aromatic rings. The first kappa shape index (κ1) is 15.5. The van der Waals surface area contributed by atoms with Crippen LogP contribution in [0.25, 0.3) is 0 Å². The van der Waals surface area contributed by atoms with Crippen LogP contribution >= 0.6 is 11.6 Å². The SMILES string of the molecule is CCOC1(C(=O)Cc2cccc(Cl)c2)CCC(C)CC1. The Bertz CT molecular complexity index is 462. The molecule has 110 valence electrons. The quantitative estimate of drug-likeness (QED) is 0.802. The molecule has 3 heteroatoms. The molecule has 0 saturated heterocycles. The maximum atomic E-state index is 12.7. The van der Waals surface area contributed by atoms with Gasteiger partial charge in [0.15, 0.2) is 5.78 Å². The minimum Gasteiger partial charge on any atom is -0.367 e. The number of benzene rings is 1. The van der Waals surface area contributed by atoms with E-state index in [2.05, 4.69) is 6.92 Å². The highest BCUT2D eigenvalue weighted by Gasteiger charge is 2.41. The summed E-state index contributed by atoms with van der Waals surface area (Å²) in [5, 5.41) is 0.679. The van der Waals surface area contributed by atoms with Crippen LogP contribution in [-0.2, 0) is 16.0 Å². The molecule has 0 amide bonds. The molecular formula is C17H23ClO2. The molecular weight excluding hydrogens is 272 g/mol. The van der Waals surface area contributed by atoms with Gasteiger partial charge >= 0.3 is 0 Å². The molecule has 2 rings (SSSR count). The van der Waals surface area contributed by atoms with Crippen molar-refractivity contribution in [3.8, 4) is 0 Å². The van der Waals surface area contributed by atoms with Gasteiger partial charge in [0.1, 0.15) is 5.60 Å². The van der Waals surface area contributed by atoms with Crippen LogP contribution in [0.3, 0.4) is 0 Å². The van der Waals surface area contributed by atoms with Crippen LogP contribution in [0.5, 0.6) is 0 Å². The summed E-state index contributed by atoms with van der Waals surface area (Å²) in [7, 11) is 0. The van der Waals surface area contributed by atoms with Crippen molar-refractivity contribution < 1.29 is 9.53 Å². The van der Waals surface area contributed by atoms with E-state index in [1.165, 1.54) is 0 Å². The van der Waals surface area contributed by atoms with Crippen molar-refractivity contribution in [2.45, 2.75) is 51.6 Å². The van der Waals surface area contributed by atoms with Crippen molar-refractivity contribution in [2.75, 3.05) is 6.61 Å². The number of hydrogen-bond acceptors (Lipinski definition) is 2. The van der Waals surface area contributed by atoms with Crippen LogP contribution in [0.4, 0.5) is 0 Å². The summed E-state index contributed by atoms with van der Waals surface area (Å²) in [6, 6.07) is 7.54. The summed E-state index contributed by atoms with van der Waals surface area (Å²) in [4.78, 5) is 12.7. The summed E-state index contributed by atoms with van der Waals surface area (Å²) < 4.78 is 5.90. The molecule has 0 N–H and O–H groups in total. The van der Waals surface area contributed by atoms with Gasteiger partial charge in [0.2, 0.25) is 0 Å². The van der Waals surface area contributed by atoms with Gasteiger partial charge < -0.3 is 4.74 Å². The second-order valence-corrected chi connectivity index (χ2v) is 6.28. The number of rotatable bonds is 5. The normalized spacial score (nSPS) is 26.4. The summed E-state index contributed by atoms with van der Waals surface area (Å²) in [6.07, 6.45) is 4.25. The molecule has 20 heavy (non-hydrogen) atoms. The molecule has 0 heterocycles. The Balaban J connectivity index is 2.11. The fourth-order valence-corrected chi connectivity index (χ4v) is 3.21. The minimum atomic E-state index is -0.566. The Morgan fingerprint density at radius 3 is 2.70 bits per heavy atom. The van der Waals surface area contributed by atoms with E-state index in [4.69, 9.17) is 16.3 Å². The number of hydrogen-bond donors (Lipinski definition) is 0. The number of carbonyl (C=O) groups is 1. The van der Waals surface area contributed by atoms with Gasteiger partial charge in [0, 0.05) is 18.1 Å². The van der Waals surface area contributed by atoms with E-state index in [1.807, 2.05) is 31.2 Å². The lowest BCUT2D eigenvalue weighted by Crippen LogP contribution is -2.45. The summed E-state index contributed by atoms with van der Waals surface area (Å²) >= 11 is 5.99. The predicted octanol–water partition coefficient (Wildman–Crippen LogP) is 4.44. The van der Waals surface area contributed by atoms with Gasteiger partial charge in [-0.2, -0.15) is 0 Å². The van der Waals surface area contributed by atoms with Gasteiger partial charge in [0.05, 0.1) is 0 Å². The zero-order valence-corrected chi connectivity index (χ0v) is 13.1. The van der Waals surface area contributed by atoms with E-state index in [1.54, 1.807) is 0 Å². The Morgan fingerprint density at radius 2 is 2.10 bits per heavy atom. The van der Waals surface area contributed by atoms with Crippen LogP contribution in [-0.4, -0.2) is 18.0 Å². The average molecular weight is 295 g/mol. The standard InChI is InChI=1S/C17H23ClO2/c1-3-20-17(9-7-13(2)8-10-17)16(19)12-14-5-4-6-15(18)11-14/h4-6,11,13H,3,7-10,12H2,1-2H3. The average Bonchev–Trinajstić information content (AvgIpc) is 2.42. The fraction of sp³-hybridized carbons (Fsp3) is 0.588. The first-order valence-corrected chi connectivity index (χ1v) is 7.85. The van der Waals surface area contributed by atoms with Gasteiger partial charge in [-0.1, -0.05) is 30.7 Å². The highest BCUT2D eigenvalue weighted by Crippen LogP contribution is 2.36. The second-order valence-electron chi connectivity index (χ2n) is 5.84. The van der Waals surface area contributed by atoms with Crippen molar-refractivity contribution in [2.24, 2.45) is 5.92 Å². The zero-order chi connectivity index (χ0) is 14.6. The molecule has 0 unspecified atom stereocenters. The van der Waals surface area contributed by atoms with Crippen molar-refractivity contribution >= 4 is 17.4 Å². The monoisotopic (exact) mass is 294 g/mol. The molecule has 0 atom stereocenters. The lowest BCUT2D eigenvalue weighted by molar-refractivity contribution is -0.149. The van der Waals surface area contributed by atoms with E-state index >= 15 is 0 Å². The number of ketones is 1. The Labute approximate surface area is 126 Å². The van der Waals surface area contributed by atoms with Crippen LogP contribution < -0.4 is 0 Å². The number of halogens is 1. The van der Waals surface area contributed by atoms with Crippen LogP contribution in [0.2, 0.25) is 5.02 Å². The lowest BCUT2D eigenvalue weighted by Gasteiger charge is -2.38. The molecule has 2 nitrogen and oxygen atoms in total. The third-order valence-electron chi connectivity index (χ3n) is 4.26. The molecule has 0 spiro atoms. The summed E-state index contributed by atoms with van der Waals surface area (Å²) in [5.41, 5.74) is 0.407. The molecule has 1 fully saturated rings. The van der Waals surface area contributed by atoms with Crippen molar-refractivity contribution in [1.82, 2.24) is 0 Å². The van der Waals surface area contributed by atoms with Gasteiger partial charge in [-0.05, 0) is 56.2 Å². The third kappa shape index (κ3) is 3.62. The fourth-order valence-electron chi connectivity index (χ4n) is 3.00. The Hall–Kier alpha value is -0.860. The maximum Gasteiger partial charge on any atom is 0.168 e. The molecule has 0 aliphatic heterocycles. The largest absolute Gasteiger partial charge is 0.367 e. The molecule has 1 aliphatic carbocycles. The molecule has 0 aromatic heterocycles. The number of Topliss-reactive ketones (excluding diaryl/α,β-unsaturated/α-hetero) is 1. The molecule has 1 aliphatic rings. The van der Waals surface area contributed by atoms with Gasteiger partial charge in [-0.15, -0.1) is 0 Å². The van der Waals surface area contributed by atoms with Gasteiger partial charge in [-0.3, -0.25) is 4.79 Å². The minimum absolute atomic E-state index is 0.202. The lowest BCUT2D eigenvalue weighted by atomic mass is 9.76. The number of ether oxygens (including phenoxy) is 1. The van der Waals surface area contributed by atoms with E-state index in [0.717, 1.165) is 31.2 Å². The van der Waals surface area contributed by atoms with Crippen LogP contribution in [0.1, 0.15) is 45.1 Å². The highest BCUT2D eigenvalue weighted by atomic mass is 35.5. The van der Waals surface area contributed by atoms with Crippen molar-refractivity contribution in [3.63, 3.8) is 0 Å². The smallest absolute Gasteiger partial charge is 0.168 e. The highest BCUT2D eigenvalue weighted by molar-refractivity contribution is 6.30. The topological polar surface area (TPSA) is 26.3 Å². The van der Waals surface area contributed by atoms with Gasteiger partial charge in [-0.25, -0.2) is 0 Å².